The summed E-state index contributed by atoms with van der Waals surface area (Å²) >= 11 is 0. The monoisotopic (exact) mass is 279 g/mol. The van der Waals surface area contributed by atoms with Crippen LogP contribution in [0, 0.1) is 0 Å². The predicted molar refractivity (Wildman–Crippen MR) is 79.0 cm³/mol. The van der Waals surface area contributed by atoms with Crippen molar-refractivity contribution < 1.29 is 4.74 Å². The summed E-state index contributed by atoms with van der Waals surface area (Å²) in [6.07, 6.45) is 4.78. The minimum absolute atomic E-state index is 0.0658. The second kappa shape index (κ2) is 4.70. The van der Waals surface area contributed by atoms with Crippen molar-refractivity contribution in [2.75, 3.05) is 6.61 Å². The van der Waals surface area contributed by atoms with Crippen molar-refractivity contribution in [2.45, 2.75) is 12.8 Å². The van der Waals surface area contributed by atoms with Crippen molar-refractivity contribution in [3.8, 4) is 11.4 Å². The van der Waals surface area contributed by atoms with Crippen LogP contribution in [0.15, 0.2) is 47.5 Å². The van der Waals surface area contributed by atoms with E-state index >= 15 is 0 Å². The van der Waals surface area contributed by atoms with Gasteiger partial charge in [0.25, 0.3) is 5.56 Å². The molecule has 3 heterocycles. The third-order valence-electron chi connectivity index (χ3n) is 3.67. The Bertz CT molecular complexity index is 872. The van der Waals surface area contributed by atoms with Gasteiger partial charge in [0.2, 0.25) is 0 Å². The van der Waals surface area contributed by atoms with Gasteiger partial charge in [-0.3, -0.25) is 9.36 Å². The standard InChI is InChI=1S/C16H13N3O2/c20-16-12-7-4-10-21-14(12)13-15(18-9-8-17-13)19(16)11-5-2-1-3-6-11/h1-3,5-6,8-9H,4,7,10H2. The van der Waals surface area contributed by atoms with Crippen LogP contribution < -0.4 is 10.3 Å². The number of rotatable bonds is 1. The maximum absolute atomic E-state index is 12.8. The average molecular weight is 279 g/mol. The van der Waals surface area contributed by atoms with Crippen LogP contribution in [0.25, 0.3) is 16.9 Å². The predicted octanol–water partition coefficient (Wildman–Crippen LogP) is 2.11. The normalized spacial score (nSPS) is 13.7. The first-order valence-corrected chi connectivity index (χ1v) is 6.93. The molecule has 0 spiro atoms. The van der Waals surface area contributed by atoms with Gasteiger partial charge in [-0.25, -0.2) is 9.97 Å². The summed E-state index contributed by atoms with van der Waals surface area (Å²) in [7, 11) is 0. The third-order valence-corrected chi connectivity index (χ3v) is 3.67. The molecule has 2 aromatic heterocycles. The molecule has 104 valence electrons. The van der Waals surface area contributed by atoms with E-state index in [1.54, 1.807) is 17.0 Å². The van der Waals surface area contributed by atoms with Gasteiger partial charge in [-0.05, 0) is 25.0 Å². The molecule has 1 aromatic carbocycles. The number of pyridine rings is 1. The van der Waals surface area contributed by atoms with E-state index in [1.807, 2.05) is 30.3 Å². The van der Waals surface area contributed by atoms with Crippen LogP contribution in [0.3, 0.4) is 0 Å². The Labute approximate surface area is 120 Å². The van der Waals surface area contributed by atoms with Gasteiger partial charge >= 0.3 is 0 Å². The molecule has 5 nitrogen and oxygen atoms in total. The van der Waals surface area contributed by atoms with E-state index in [2.05, 4.69) is 9.97 Å². The second-order valence-electron chi connectivity index (χ2n) is 4.96. The molecule has 5 heteroatoms. The molecule has 0 N–H and O–H groups in total. The Morgan fingerprint density at radius 3 is 2.76 bits per heavy atom. The van der Waals surface area contributed by atoms with Crippen LogP contribution >= 0.6 is 0 Å². The smallest absolute Gasteiger partial charge is 0.263 e. The molecule has 3 aromatic rings. The summed E-state index contributed by atoms with van der Waals surface area (Å²) in [5, 5.41) is 0. The van der Waals surface area contributed by atoms with E-state index in [4.69, 9.17) is 4.74 Å². The van der Waals surface area contributed by atoms with E-state index in [-0.39, 0.29) is 5.56 Å². The number of ether oxygens (including phenoxy) is 1. The summed E-state index contributed by atoms with van der Waals surface area (Å²) in [4.78, 5) is 21.6. The van der Waals surface area contributed by atoms with Crippen molar-refractivity contribution in [1.29, 1.82) is 0 Å². The lowest BCUT2D eigenvalue weighted by atomic mass is 10.1. The molecule has 4 rings (SSSR count). The summed E-state index contributed by atoms with van der Waals surface area (Å²) < 4.78 is 7.31. The van der Waals surface area contributed by atoms with Gasteiger partial charge < -0.3 is 4.74 Å². The van der Waals surface area contributed by atoms with Crippen LogP contribution in [-0.4, -0.2) is 21.1 Å². The molecule has 1 aliphatic heterocycles. The lowest BCUT2D eigenvalue weighted by Crippen LogP contribution is -2.27. The Morgan fingerprint density at radius 1 is 1.10 bits per heavy atom. The van der Waals surface area contributed by atoms with E-state index in [0.717, 1.165) is 12.1 Å². The van der Waals surface area contributed by atoms with Crippen molar-refractivity contribution in [3.63, 3.8) is 0 Å². The van der Waals surface area contributed by atoms with Gasteiger partial charge in [0.05, 0.1) is 17.9 Å². The zero-order valence-electron chi connectivity index (χ0n) is 11.3. The highest BCUT2D eigenvalue weighted by molar-refractivity contribution is 5.81. The third kappa shape index (κ3) is 1.81. The van der Waals surface area contributed by atoms with Gasteiger partial charge in [-0.15, -0.1) is 0 Å². The van der Waals surface area contributed by atoms with Crippen LogP contribution in [0.1, 0.15) is 12.0 Å². The molecule has 1 aliphatic rings. The van der Waals surface area contributed by atoms with E-state index in [1.165, 1.54) is 0 Å². The Hall–Kier alpha value is -2.69. The summed E-state index contributed by atoms with van der Waals surface area (Å²) in [6, 6.07) is 9.51. The van der Waals surface area contributed by atoms with Gasteiger partial charge in [0.1, 0.15) is 5.52 Å². The first kappa shape index (κ1) is 12.1. The topological polar surface area (TPSA) is 57.0 Å². The van der Waals surface area contributed by atoms with Crippen LogP contribution in [0.4, 0.5) is 0 Å². The van der Waals surface area contributed by atoms with Crippen molar-refractivity contribution in [1.82, 2.24) is 14.5 Å². The van der Waals surface area contributed by atoms with E-state index in [9.17, 15) is 4.79 Å². The molecule has 0 bridgehead atoms. The maximum atomic E-state index is 12.8. The van der Waals surface area contributed by atoms with Gasteiger partial charge in [0.15, 0.2) is 11.4 Å². The van der Waals surface area contributed by atoms with Crippen LogP contribution in [0.2, 0.25) is 0 Å². The molecule has 0 aliphatic carbocycles. The number of para-hydroxylation sites is 1. The molecule has 0 saturated carbocycles. The number of benzene rings is 1. The van der Waals surface area contributed by atoms with Crippen molar-refractivity contribution in [2.24, 2.45) is 0 Å². The Balaban J connectivity index is 2.16. The Morgan fingerprint density at radius 2 is 1.90 bits per heavy atom. The first-order chi connectivity index (χ1) is 10.4. The van der Waals surface area contributed by atoms with Gasteiger partial charge in [0, 0.05) is 12.4 Å². The fraction of sp³-hybridized carbons (Fsp3) is 0.188. The van der Waals surface area contributed by atoms with Gasteiger partial charge in [-0.1, -0.05) is 18.2 Å². The molecule has 0 fully saturated rings. The quantitative estimate of drug-likeness (QED) is 0.684. The van der Waals surface area contributed by atoms with Gasteiger partial charge in [-0.2, -0.15) is 0 Å². The van der Waals surface area contributed by atoms with Crippen LogP contribution in [-0.2, 0) is 6.42 Å². The molecule has 0 atom stereocenters. The molecule has 0 amide bonds. The first-order valence-electron chi connectivity index (χ1n) is 6.93. The molecule has 0 saturated heterocycles. The summed E-state index contributed by atoms with van der Waals surface area (Å²) in [5.74, 6) is 0.599. The lowest BCUT2D eigenvalue weighted by Gasteiger charge is -2.20. The number of nitrogens with zero attached hydrogens (tertiary/aromatic N) is 3. The van der Waals surface area contributed by atoms with E-state index in [0.29, 0.717) is 35.5 Å². The Kier molecular flexibility index (Phi) is 2.70. The summed E-state index contributed by atoms with van der Waals surface area (Å²) in [6.45, 7) is 0.619. The number of hydrogen-bond acceptors (Lipinski definition) is 4. The molecular formula is C16H13N3O2. The number of hydrogen-bond donors (Lipinski definition) is 0. The minimum Gasteiger partial charge on any atom is -0.491 e. The van der Waals surface area contributed by atoms with Crippen molar-refractivity contribution in [3.05, 3.63) is 58.6 Å². The fourth-order valence-corrected chi connectivity index (χ4v) is 2.74. The molecule has 21 heavy (non-hydrogen) atoms. The largest absolute Gasteiger partial charge is 0.491 e. The molecule has 0 unspecified atom stereocenters. The van der Waals surface area contributed by atoms with E-state index < -0.39 is 0 Å². The van der Waals surface area contributed by atoms with Crippen molar-refractivity contribution >= 4 is 11.2 Å². The highest BCUT2D eigenvalue weighted by Crippen LogP contribution is 2.29. The highest BCUT2D eigenvalue weighted by atomic mass is 16.5. The second-order valence-corrected chi connectivity index (χ2v) is 4.96. The number of aromatic nitrogens is 3. The van der Waals surface area contributed by atoms with Crippen LogP contribution in [0.5, 0.6) is 5.75 Å². The summed E-state index contributed by atoms with van der Waals surface area (Å²) in [5.41, 5.74) is 2.60. The number of fused-ring (bicyclic) bond motifs is 3. The minimum atomic E-state index is -0.0658. The lowest BCUT2D eigenvalue weighted by molar-refractivity contribution is 0.290. The highest BCUT2D eigenvalue weighted by Gasteiger charge is 2.22. The zero-order valence-corrected chi connectivity index (χ0v) is 11.3. The maximum Gasteiger partial charge on any atom is 0.263 e. The molecular weight excluding hydrogens is 266 g/mol. The average Bonchev–Trinajstić information content (AvgIpc) is 2.56. The molecule has 0 radical (unpaired) electrons. The fourth-order valence-electron chi connectivity index (χ4n) is 2.74. The SMILES string of the molecule is O=c1c2c(c3nccnc3n1-c1ccccc1)OCCC2. The zero-order chi connectivity index (χ0) is 14.2.